The van der Waals surface area contributed by atoms with E-state index in [1.54, 1.807) is 18.2 Å². The highest BCUT2D eigenvalue weighted by Crippen LogP contribution is 2.09. The SMILES string of the molecule is COC(=O)c1cccc(CS(=O)(=O)NCC(C)O)c1. The molecule has 0 aliphatic heterocycles. The molecule has 0 aliphatic carbocycles. The van der Waals surface area contributed by atoms with Crippen LogP contribution in [0.3, 0.4) is 0 Å². The number of sulfonamides is 1. The van der Waals surface area contributed by atoms with Crippen LogP contribution in [-0.4, -0.2) is 39.3 Å². The second-order valence-electron chi connectivity index (χ2n) is 4.15. The van der Waals surface area contributed by atoms with Gasteiger partial charge < -0.3 is 9.84 Å². The second-order valence-corrected chi connectivity index (χ2v) is 5.96. The molecule has 0 amide bonds. The third-order valence-corrected chi connectivity index (χ3v) is 3.62. The van der Waals surface area contributed by atoms with E-state index in [9.17, 15) is 13.2 Å². The van der Waals surface area contributed by atoms with Crippen molar-refractivity contribution in [1.82, 2.24) is 4.72 Å². The molecule has 1 aromatic rings. The molecular weight excluding hydrogens is 270 g/mol. The van der Waals surface area contributed by atoms with Crippen molar-refractivity contribution in [2.45, 2.75) is 18.8 Å². The van der Waals surface area contributed by atoms with Gasteiger partial charge in [-0.05, 0) is 24.6 Å². The topological polar surface area (TPSA) is 92.7 Å². The van der Waals surface area contributed by atoms with E-state index in [2.05, 4.69) is 9.46 Å². The van der Waals surface area contributed by atoms with Gasteiger partial charge in [-0.1, -0.05) is 12.1 Å². The molecule has 7 heteroatoms. The lowest BCUT2D eigenvalue weighted by atomic mass is 10.1. The van der Waals surface area contributed by atoms with E-state index in [0.717, 1.165) is 0 Å². The monoisotopic (exact) mass is 287 g/mol. The summed E-state index contributed by atoms with van der Waals surface area (Å²) in [7, 11) is -2.28. The van der Waals surface area contributed by atoms with Gasteiger partial charge in [-0.2, -0.15) is 0 Å². The number of hydrogen-bond donors (Lipinski definition) is 2. The molecule has 0 bridgehead atoms. The van der Waals surface area contributed by atoms with Crippen molar-refractivity contribution in [2.24, 2.45) is 0 Å². The summed E-state index contributed by atoms with van der Waals surface area (Å²) >= 11 is 0. The van der Waals surface area contributed by atoms with Crippen molar-refractivity contribution in [3.05, 3.63) is 35.4 Å². The highest BCUT2D eigenvalue weighted by molar-refractivity contribution is 7.88. The quantitative estimate of drug-likeness (QED) is 0.733. The highest BCUT2D eigenvalue weighted by atomic mass is 32.2. The maximum atomic E-state index is 11.7. The van der Waals surface area contributed by atoms with Crippen molar-refractivity contribution >= 4 is 16.0 Å². The maximum absolute atomic E-state index is 11.7. The van der Waals surface area contributed by atoms with Crippen LogP contribution >= 0.6 is 0 Å². The van der Waals surface area contributed by atoms with Gasteiger partial charge in [-0.25, -0.2) is 17.9 Å². The van der Waals surface area contributed by atoms with Gasteiger partial charge in [0.1, 0.15) is 0 Å². The smallest absolute Gasteiger partial charge is 0.337 e. The molecule has 6 nitrogen and oxygen atoms in total. The number of methoxy groups -OCH3 is 1. The van der Waals surface area contributed by atoms with Gasteiger partial charge in [0.2, 0.25) is 10.0 Å². The van der Waals surface area contributed by atoms with Crippen LogP contribution in [-0.2, 0) is 20.5 Å². The zero-order valence-corrected chi connectivity index (χ0v) is 11.6. The van der Waals surface area contributed by atoms with E-state index in [0.29, 0.717) is 11.1 Å². The minimum absolute atomic E-state index is 0.0426. The maximum Gasteiger partial charge on any atom is 0.337 e. The van der Waals surface area contributed by atoms with E-state index >= 15 is 0 Å². The average molecular weight is 287 g/mol. The molecule has 19 heavy (non-hydrogen) atoms. The summed E-state index contributed by atoms with van der Waals surface area (Å²) in [6.45, 7) is 1.44. The number of rotatable bonds is 6. The van der Waals surface area contributed by atoms with E-state index < -0.39 is 22.1 Å². The van der Waals surface area contributed by atoms with Crippen molar-refractivity contribution in [3.63, 3.8) is 0 Å². The molecule has 1 rings (SSSR count). The second kappa shape index (κ2) is 6.65. The van der Waals surface area contributed by atoms with Crippen LogP contribution in [0.4, 0.5) is 0 Å². The minimum Gasteiger partial charge on any atom is -0.465 e. The Bertz CT molecular complexity index is 539. The Hall–Kier alpha value is -1.44. The summed E-state index contributed by atoms with van der Waals surface area (Å²) in [5.74, 6) is -0.777. The standard InChI is InChI=1S/C12H17NO5S/c1-9(14)7-13-19(16,17)8-10-4-3-5-11(6-10)12(15)18-2/h3-6,9,13-14H,7-8H2,1-2H3. The lowest BCUT2D eigenvalue weighted by molar-refractivity contribution is 0.0600. The first-order chi connectivity index (χ1) is 8.84. The Morgan fingerprint density at radius 1 is 1.47 bits per heavy atom. The van der Waals surface area contributed by atoms with Gasteiger partial charge in [0, 0.05) is 6.54 Å². The molecule has 1 unspecified atom stereocenters. The van der Waals surface area contributed by atoms with Gasteiger partial charge in [-0.3, -0.25) is 0 Å². The molecule has 106 valence electrons. The van der Waals surface area contributed by atoms with Gasteiger partial charge in [-0.15, -0.1) is 0 Å². The summed E-state index contributed by atoms with van der Waals surface area (Å²) < 4.78 is 30.3. The Kier molecular flexibility index (Phi) is 5.46. The molecule has 0 spiro atoms. The van der Waals surface area contributed by atoms with E-state index in [-0.39, 0.29) is 12.3 Å². The van der Waals surface area contributed by atoms with Crippen molar-refractivity contribution in [1.29, 1.82) is 0 Å². The fraction of sp³-hybridized carbons (Fsp3) is 0.417. The number of ether oxygens (including phenoxy) is 1. The molecule has 0 aromatic heterocycles. The molecule has 2 N–H and O–H groups in total. The number of esters is 1. The summed E-state index contributed by atoms with van der Waals surface area (Å²) in [4.78, 5) is 11.3. The third kappa shape index (κ3) is 5.37. The Morgan fingerprint density at radius 3 is 2.74 bits per heavy atom. The van der Waals surface area contributed by atoms with Crippen LogP contribution in [0.5, 0.6) is 0 Å². The Balaban J connectivity index is 2.79. The largest absolute Gasteiger partial charge is 0.465 e. The molecule has 0 fully saturated rings. The lowest BCUT2D eigenvalue weighted by Crippen LogP contribution is -2.31. The van der Waals surface area contributed by atoms with Gasteiger partial charge in [0.25, 0.3) is 0 Å². The molecule has 0 radical (unpaired) electrons. The Morgan fingerprint density at radius 2 is 2.16 bits per heavy atom. The fourth-order valence-electron chi connectivity index (χ4n) is 1.42. The van der Waals surface area contributed by atoms with Crippen LogP contribution in [0.1, 0.15) is 22.8 Å². The summed E-state index contributed by atoms with van der Waals surface area (Å²) in [6, 6.07) is 6.21. The number of hydrogen-bond acceptors (Lipinski definition) is 5. The van der Waals surface area contributed by atoms with E-state index in [1.807, 2.05) is 0 Å². The van der Waals surface area contributed by atoms with Crippen LogP contribution in [0.15, 0.2) is 24.3 Å². The molecular formula is C12H17NO5S. The van der Waals surface area contributed by atoms with Crippen molar-refractivity contribution < 1.29 is 23.1 Å². The van der Waals surface area contributed by atoms with Gasteiger partial charge in [0.15, 0.2) is 0 Å². The zero-order chi connectivity index (χ0) is 14.5. The molecule has 0 saturated heterocycles. The average Bonchev–Trinajstić information content (AvgIpc) is 2.35. The molecule has 0 heterocycles. The summed E-state index contributed by atoms with van der Waals surface area (Å²) in [6.07, 6.45) is -0.754. The minimum atomic E-state index is -3.54. The van der Waals surface area contributed by atoms with E-state index in [4.69, 9.17) is 5.11 Å². The Labute approximate surface area is 112 Å². The predicted molar refractivity (Wildman–Crippen MR) is 70.1 cm³/mol. The molecule has 1 atom stereocenters. The first-order valence-electron chi connectivity index (χ1n) is 5.66. The van der Waals surface area contributed by atoms with Crippen LogP contribution in [0, 0.1) is 0 Å². The fourth-order valence-corrected chi connectivity index (χ4v) is 2.64. The van der Waals surface area contributed by atoms with Crippen LogP contribution in [0.2, 0.25) is 0 Å². The number of aliphatic hydroxyl groups is 1. The first kappa shape index (κ1) is 15.6. The normalized spacial score (nSPS) is 13.0. The number of carbonyl (C=O) groups is 1. The third-order valence-electron chi connectivity index (χ3n) is 2.30. The first-order valence-corrected chi connectivity index (χ1v) is 7.32. The number of nitrogens with one attached hydrogen (secondary N) is 1. The molecule has 0 saturated carbocycles. The number of benzene rings is 1. The van der Waals surface area contributed by atoms with E-state index in [1.165, 1.54) is 20.1 Å². The summed E-state index contributed by atoms with van der Waals surface area (Å²) in [5.41, 5.74) is 0.770. The van der Waals surface area contributed by atoms with Crippen LogP contribution in [0.25, 0.3) is 0 Å². The van der Waals surface area contributed by atoms with Crippen molar-refractivity contribution in [3.8, 4) is 0 Å². The predicted octanol–water partition coefficient (Wildman–Crippen LogP) is 0.273. The molecule has 0 aliphatic rings. The van der Waals surface area contributed by atoms with Gasteiger partial charge in [0.05, 0.1) is 24.5 Å². The zero-order valence-electron chi connectivity index (χ0n) is 10.8. The van der Waals surface area contributed by atoms with Crippen LogP contribution < -0.4 is 4.72 Å². The number of carbonyl (C=O) groups excluding carboxylic acids is 1. The highest BCUT2D eigenvalue weighted by Gasteiger charge is 2.14. The number of aliphatic hydroxyl groups excluding tert-OH is 1. The van der Waals surface area contributed by atoms with Crippen molar-refractivity contribution in [2.75, 3.05) is 13.7 Å². The van der Waals surface area contributed by atoms with Gasteiger partial charge >= 0.3 is 5.97 Å². The summed E-state index contributed by atoms with van der Waals surface area (Å²) in [5, 5.41) is 9.04. The lowest BCUT2D eigenvalue weighted by Gasteiger charge is -2.09. The molecule has 1 aromatic carbocycles.